The normalized spacial score (nSPS) is 17.9. The number of ether oxygens (including phenoxy) is 2. The van der Waals surface area contributed by atoms with Gasteiger partial charge < -0.3 is 14.5 Å². The fraction of sp³-hybridized carbons (Fsp3) is 0.250. The Labute approximate surface area is 232 Å². The number of benzene rings is 2. The number of carbonyl (C=O) groups is 1. The summed E-state index contributed by atoms with van der Waals surface area (Å²) in [6.07, 6.45) is 5.05. The summed E-state index contributed by atoms with van der Waals surface area (Å²) in [5, 5.41) is 14.0. The number of aromatic nitrogens is 3. The van der Waals surface area contributed by atoms with E-state index >= 15 is 0 Å². The zero-order valence-corrected chi connectivity index (χ0v) is 22.3. The van der Waals surface area contributed by atoms with Crippen LogP contribution in [0.1, 0.15) is 29.3 Å². The van der Waals surface area contributed by atoms with E-state index in [1.165, 1.54) is 35.6 Å². The van der Waals surface area contributed by atoms with E-state index in [0.29, 0.717) is 36.7 Å². The lowest BCUT2D eigenvalue weighted by atomic mass is 9.92. The summed E-state index contributed by atoms with van der Waals surface area (Å²) in [6, 6.07) is 12.6. The third-order valence-electron chi connectivity index (χ3n) is 6.90. The van der Waals surface area contributed by atoms with Crippen LogP contribution in [0.25, 0.3) is 12.2 Å². The number of hydrogen-bond acceptors (Lipinski definition) is 6. The Bertz CT molecular complexity index is 1680. The fourth-order valence-corrected chi connectivity index (χ4v) is 5.79. The molecule has 0 saturated carbocycles. The molecule has 6 rings (SSSR count). The zero-order chi connectivity index (χ0) is 26.9. The number of rotatable bonds is 6. The number of nitrogens with zero attached hydrogens (tertiary/aromatic N) is 3. The molecule has 39 heavy (non-hydrogen) atoms. The van der Waals surface area contributed by atoms with Crippen molar-refractivity contribution < 1.29 is 18.7 Å². The maximum atomic E-state index is 13.4. The van der Waals surface area contributed by atoms with E-state index in [1.807, 2.05) is 24.3 Å². The number of carbonyl (C=O) groups excluding carboxylic acids is 1. The quantitative estimate of drug-likeness (QED) is 0.349. The minimum absolute atomic E-state index is 0.0673. The van der Waals surface area contributed by atoms with E-state index in [0.717, 1.165) is 33.8 Å². The van der Waals surface area contributed by atoms with Crippen LogP contribution in [0.5, 0.6) is 11.5 Å². The van der Waals surface area contributed by atoms with Crippen LogP contribution in [-0.4, -0.2) is 44.3 Å². The van der Waals surface area contributed by atoms with Crippen molar-refractivity contribution in [3.05, 3.63) is 92.0 Å². The Morgan fingerprint density at radius 1 is 1.18 bits per heavy atom. The predicted octanol–water partition coefficient (Wildman–Crippen LogP) is 3.69. The summed E-state index contributed by atoms with van der Waals surface area (Å²) in [7, 11) is 0. The molecule has 4 aromatic rings. The Morgan fingerprint density at radius 2 is 1.95 bits per heavy atom. The topological polar surface area (TPSA) is 96.2 Å². The van der Waals surface area contributed by atoms with Crippen molar-refractivity contribution in [2.24, 2.45) is 0 Å². The first-order chi connectivity index (χ1) is 19.0. The standard InChI is InChI=1S/C28H25ClFN5O3S/c29-18-3-10-24-23(15-18)22-11-12-34(28(36)38-21-8-4-19(30)5-9-21)26(25(22)33-24)17-1-6-20(7-2-17)37-14-13-35-27(31)39-16-32-35/h1-2,4-10,15-16,18,26,31,33H,3,11-14H2. The van der Waals surface area contributed by atoms with Gasteiger partial charge in [0.25, 0.3) is 0 Å². The highest BCUT2D eigenvalue weighted by Gasteiger charge is 2.35. The highest BCUT2D eigenvalue weighted by atomic mass is 35.5. The van der Waals surface area contributed by atoms with Crippen LogP contribution < -0.4 is 24.8 Å². The van der Waals surface area contributed by atoms with Crippen LogP contribution >= 0.6 is 22.9 Å². The molecular weight excluding hydrogens is 541 g/mol. The number of aromatic amines is 1. The first-order valence-electron chi connectivity index (χ1n) is 12.5. The molecule has 0 radical (unpaired) electrons. The first-order valence-corrected chi connectivity index (χ1v) is 13.9. The van der Waals surface area contributed by atoms with Crippen molar-refractivity contribution in [1.82, 2.24) is 19.7 Å². The van der Waals surface area contributed by atoms with Crippen LogP contribution in [0.2, 0.25) is 0 Å². The van der Waals surface area contributed by atoms with Crippen LogP contribution in [0.4, 0.5) is 9.18 Å². The maximum absolute atomic E-state index is 13.4. The summed E-state index contributed by atoms with van der Waals surface area (Å²) in [5.74, 6) is 0.556. The first kappa shape index (κ1) is 25.4. The molecular formula is C28H25ClFN5O3S. The molecule has 2 N–H and O–H groups in total. The summed E-state index contributed by atoms with van der Waals surface area (Å²) in [6.45, 7) is 1.29. The molecule has 200 valence electrons. The van der Waals surface area contributed by atoms with Gasteiger partial charge in [-0.2, -0.15) is 5.10 Å². The van der Waals surface area contributed by atoms with Gasteiger partial charge in [-0.15, -0.1) is 11.6 Å². The fourth-order valence-electron chi connectivity index (χ4n) is 5.05. The van der Waals surface area contributed by atoms with Crippen LogP contribution in [0.3, 0.4) is 0 Å². The molecule has 3 heterocycles. The van der Waals surface area contributed by atoms with Gasteiger partial charge in [-0.05, 0) is 60.4 Å². The molecule has 11 heteroatoms. The second kappa shape index (κ2) is 10.7. The van der Waals surface area contributed by atoms with E-state index in [9.17, 15) is 9.18 Å². The molecule has 0 fully saturated rings. The smallest absolute Gasteiger partial charge is 0.416 e. The van der Waals surface area contributed by atoms with E-state index < -0.39 is 18.0 Å². The molecule has 8 nitrogen and oxygen atoms in total. The average molecular weight is 566 g/mol. The van der Waals surface area contributed by atoms with Crippen molar-refractivity contribution in [3.63, 3.8) is 0 Å². The highest BCUT2D eigenvalue weighted by molar-refractivity contribution is 7.06. The number of amides is 1. The van der Waals surface area contributed by atoms with Gasteiger partial charge in [0.05, 0.1) is 11.9 Å². The third kappa shape index (κ3) is 5.22. The minimum atomic E-state index is -0.514. The van der Waals surface area contributed by atoms with E-state index in [-0.39, 0.29) is 11.1 Å². The summed E-state index contributed by atoms with van der Waals surface area (Å²) in [4.78, 5) is 19.0. The third-order valence-corrected chi connectivity index (χ3v) is 7.84. The van der Waals surface area contributed by atoms with Crippen molar-refractivity contribution in [2.75, 3.05) is 13.2 Å². The summed E-state index contributed by atoms with van der Waals surface area (Å²) >= 11 is 7.70. The maximum Gasteiger partial charge on any atom is 0.416 e. The molecule has 2 atom stereocenters. The summed E-state index contributed by atoms with van der Waals surface area (Å²) in [5.41, 5.74) is 4.60. The van der Waals surface area contributed by atoms with Crippen molar-refractivity contribution in [2.45, 2.75) is 30.8 Å². The van der Waals surface area contributed by atoms with Gasteiger partial charge in [-0.1, -0.05) is 35.6 Å². The van der Waals surface area contributed by atoms with Crippen LogP contribution in [0, 0.1) is 11.2 Å². The molecule has 1 amide bonds. The molecule has 2 aromatic carbocycles. The van der Waals surface area contributed by atoms with Gasteiger partial charge in [-0.3, -0.25) is 10.3 Å². The lowest BCUT2D eigenvalue weighted by Gasteiger charge is -2.35. The average Bonchev–Trinajstić information content (AvgIpc) is 3.52. The molecule has 2 aromatic heterocycles. The summed E-state index contributed by atoms with van der Waals surface area (Å²) < 4.78 is 26.5. The zero-order valence-electron chi connectivity index (χ0n) is 20.8. The van der Waals surface area contributed by atoms with Crippen molar-refractivity contribution >= 4 is 41.2 Å². The van der Waals surface area contributed by atoms with Gasteiger partial charge in [0.2, 0.25) is 0 Å². The number of halogens is 2. The molecule has 2 unspecified atom stereocenters. The number of fused-ring (bicyclic) bond motifs is 3. The van der Waals surface area contributed by atoms with Crippen LogP contribution in [-0.2, 0) is 13.0 Å². The lowest BCUT2D eigenvalue weighted by Crippen LogP contribution is -2.43. The van der Waals surface area contributed by atoms with Crippen LogP contribution in [0.15, 0.2) is 54.0 Å². The Morgan fingerprint density at radius 3 is 2.69 bits per heavy atom. The molecule has 1 aliphatic heterocycles. The second-order valence-electron chi connectivity index (χ2n) is 9.32. The van der Waals surface area contributed by atoms with E-state index in [4.69, 9.17) is 26.5 Å². The number of hydrogen-bond donors (Lipinski definition) is 2. The van der Waals surface area contributed by atoms with Gasteiger partial charge in [-0.25, -0.2) is 13.9 Å². The molecule has 0 spiro atoms. The highest BCUT2D eigenvalue weighted by Crippen LogP contribution is 2.34. The largest absolute Gasteiger partial charge is 0.492 e. The Kier molecular flexibility index (Phi) is 6.97. The minimum Gasteiger partial charge on any atom is -0.492 e. The van der Waals surface area contributed by atoms with Gasteiger partial charge in [0.15, 0.2) is 4.80 Å². The molecule has 1 aliphatic carbocycles. The SMILES string of the molecule is N=c1scnn1CCOc1ccc(C2c3[nH]c4c(c3CCN2C(=O)Oc2ccc(F)cc2)=CC(Cl)CC=4)cc1. The van der Waals surface area contributed by atoms with Crippen molar-refractivity contribution in [1.29, 1.82) is 5.41 Å². The monoisotopic (exact) mass is 565 g/mol. The second-order valence-corrected chi connectivity index (χ2v) is 10.7. The number of H-pyrrole nitrogens is 1. The predicted molar refractivity (Wildman–Crippen MR) is 146 cm³/mol. The number of alkyl halides is 1. The number of nitrogens with one attached hydrogen (secondary N) is 2. The van der Waals surface area contributed by atoms with Gasteiger partial charge in [0, 0.05) is 22.8 Å². The molecule has 2 aliphatic rings. The van der Waals surface area contributed by atoms with Gasteiger partial charge >= 0.3 is 6.09 Å². The molecule has 0 saturated heterocycles. The van der Waals surface area contributed by atoms with Gasteiger partial charge in [0.1, 0.15) is 35.5 Å². The molecule has 0 bridgehead atoms. The Hall–Kier alpha value is -3.89. The van der Waals surface area contributed by atoms with E-state index in [1.54, 1.807) is 15.1 Å². The van der Waals surface area contributed by atoms with E-state index in [2.05, 4.69) is 22.2 Å². The van der Waals surface area contributed by atoms with Crippen molar-refractivity contribution in [3.8, 4) is 11.5 Å². The lowest BCUT2D eigenvalue weighted by molar-refractivity contribution is 0.135. The Balaban J connectivity index is 1.29.